The quantitative estimate of drug-likeness (QED) is 0.740. The first-order valence-corrected chi connectivity index (χ1v) is 10.3. The van der Waals surface area contributed by atoms with Crippen molar-refractivity contribution in [3.63, 3.8) is 0 Å². The van der Waals surface area contributed by atoms with Crippen LogP contribution in [0.2, 0.25) is 0 Å². The second-order valence-corrected chi connectivity index (χ2v) is 8.05. The normalized spacial score (nSPS) is 17.6. The van der Waals surface area contributed by atoms with Gasteiger partial charge in [-0.15, -0.1) is 0 Å². The Labute approximate surface area is 188 Å². The van der Waals surface area contributed by atoms with Gasteiger partial charge in [0, 0.05) is 37.6 Å². The molecule has 2 aromatic carbocycles. The van der Waals surface area contributed by atoms with Crippen molar-refractivity contribution >= 4 is 17.6 Å². The van der Waals surface area contributed by atoms with Gasteiger partial charge < -0.3 is 15.0 Å². The van der Waals surface area contributed by atoms with E-state index in [0.717, 1.165) is 17.2 Å². The van der Waals surface area contributed by atoms with Crippen molar-refractivity contribution in [2.45, 2.75) is 25.1 Å². The summed E-state index contributed by atoms with van der Waals surface area (Å²) in [7, 11) is 3.16. The van der Waals surface area contributed by atoms with Gasteiger partial charge in [-0.2, -0.15) is 13.2 Å². The Hall–Kier alpha value is -3.62. The molecule has 0 spiro atoms. The molecule has 1 N–H and O–H groups in total. The van der Waals surface area contributed by atoms with E-state index in [4.69, 9.17) is 4.74 Å². The molecular formula is C24H22F3N3O3. The lowest BCUT2D eigenvalue weighted by atomic mass is 9.84. The van der Waals surface area contributed by atoms with E-state index in [-0.39, 0.29) is 47.6 Å². The Morgan fingerprint density at radius 3 is 2.70 bits per heavy atom. The highest BCUT2D eigenvalue weighted by atomic mass is 19.4. The smallest absolute Gasteiger partial charge is 0.416 e. The average molecular weight is 457 g/mol. The van der Waals surface area contributed by atoms with E-state index in [9.17, 15) is 22.8 Å². The number of alkyl halides is 3. The number of amidine groups is 1. The molecule has 33 heavy (non-hydrogen) atoms. The van der Waals surface area contributed by atoms with Gasteiger partial charge in [-0.05, 0) is 23.8 Å². The number of carbonyl (C=O) groups excluding carboxylic acids is 2. The second-order valence-electron chi connectivity index (χ2n) is 8.05. The molecule has 1 atom stereocenters. The number of carbonyl (C=O) groups is 2. The first-order valence-electron chi connectivity index (χ1n) is 10.3. The van der Waals surface area contributed by atoms with Crippen molar-refractivity contribution in [1.29, 1.82) is 0 Å². The third-order valence-corrected chi connectivity index (χ3v) is 5.61. The minimum atomic E-state index is -4.51. The third-order valence-electron chi connectivity index (χ3n) is 5.61. The van der Waals surface area contributed by atoms with E-state index < -0.39 is 11.7 Å². The summed E-state index contributed by atoms with van der Waals surface area (Å²) in [6, 6.07) is 10.1. The molecule has 9 heteroatoms. The number of nitrogens with zero attached hydrogens (tertiary/aromatic N) is 2. The van der Waals surface area contributed by atoms with E-state index in [0.29, 0.717) is 12.4 Å². The van der Waals surface area contributed by atoms with Crippen molar-refractivity contribution in [3.05, 3.63) is 76.4 Å². The molecule has 172 valence electrons. The molecular weight excluding hydrogens is 435 g/mol. The van der Waals surface area contributed by atoms with E-state index in [1.165, 1.54) is 23.1 Å². The number of hydrogen-bond acceptors (Lipinski definition) is 4. The van der Waals surface area contributed by atoms with Crippen molar-refractivity contribution in [2.75, 3.05) is 20.6 Å². The minimum absolute atomic E-state index is 0.0294. The Morgan fingerprint density at radius 1 is 1.21 bits per heavy atom. The van der Waals surface area contributed by atoms with Crippen LogP contribution in [0.15, 0.2) is 59.1 Å². The summed E-state index contributed by atoms with van der Waals surface area (Å²) >= 11 is 0. The van der Waals surface area contributed by atoms with Gasteiger partial charge in [-0.3, -0.25) is 14.6 Å². The predicted octanol–water partition coefficient (Wildman–Crippen LogP) is 3.93. The van der Waals surface area contributed by atoms with Crippen LogP contribution < -0.4 is 10.1 Å². The molecule has 1 unspecified atom stereocenters. The van der Waals surface area contributed by atoms with Crippen LogP contribution in [0.5, 0.6) is 5.75 Å². The lowest BCUT2D eigenvalue weighted by Gasteiger charge is -2.26. The lowest BCUT2D eigenvalue weighted by Crippen LogP contribution is -2.39. The first kappa shape index (κ1) is 22.6. The monoisotopic (exact) mass is 457 g/mol. The maximum Gasteiger partial charge on any atom is 0.416 e. The molecule has 2 aliphatic heterocycles. The van der Waals surface area contributed by atoms with Crippen LogP contribution >= 0.6 is 0 Å². The van der Waals surface area contributed by atoms with E-state index >= 15 is 0 Å². The number of piperidine rings is 1. The Bertz CT molecular complexity index is 1170. The summed E-state index contributed by atoms with van der Waals surface area (Å²) < 4.78 is 45.7. The first-order chi connectivity index (χ1) is 15.6. The number of fused-ring (bicyclic) bond motifs is 1. The molecule has 6 nitrogen and oxygen atoms in total. The predicted molar refractivity (Wildman–Crippen MR) is 116 cm³/mol. The van der Waals surface area contributed by atoms with E-state index in [1.807, 2.05) is 6.08 Å². The third kappa shape index (κ3) is 4.62. The Morgan fingerprint density at radius 2 is 1.97 bits per heavy atom. The second kappa shape index (κ2) is 8.73. The number of halogens is 3. The minimum Gasteiger partial charge on any atom is -0.488 e. The topological polar surface area (TPSA) is 71.0 Å². The maximum atomic E-state index is 13.3. The fourth-order valence-electron chi connectivity index (χ4n) is 3.99. The number of nitrogens with one attached hydrogen (secondary N) is 1. The summed E-state index contributed by atoms with van der Waals surface area (Å²) in [5.74, 6) is -0.0774. The maximum absolute atomic E-state index is 13.3. The van der Waals surface area contributed by atoms with Crippen LogP contribution in [0.25, 0.3) is 0 Å². The van der Waals surface area contributed by atoms with Gasteiger partial charge in [0.25, 0.3) is 5.91 Å². The highest BCUT2D eigenvalue weighted by molar-refractivity contribution is 6.13. The van der Waals surface area contributed by atoms with Crippen LogP contribution in [-0.4, -0.2) is 43.2 Å². The number of benzene rings is 2. The number of rotatable bonds is 5. The summed E-state index contributed by atoms with van der Waals surface area (Å²) in [6.45, 7) is 0.126. The highest BCUT2D eigenvalue weighted by Gasteiger charge is 2.34. The van der Waals surface area contributed by atoms with Gasteiger partial charge in [0.15, 0.2) is 0 Å². The molecule has 2 aliphatic rings. The van der Waals surface area contributed by atoms with Crippen molar-refractivity contribution < 1.29 is 27.5 Å². The molecule has 1 saturated heterocycles. The molecule has 0 aliphatic carbocycles. The molecule has 0 bridgehead atoms. The summed E-state index contributed by atoms with van der Waals surface area (Å²) in [4.78, 5) is 30.7. The summed E-state index contributed by atoms with van der Waals surface area (Å²) in [6.07, 6.45) is -2.37. The van der Waals surface area contributed by atoms with Gasteiger partial charge in [0.1, 0.15) is 18.2 Å². The van der Waals surface area contributed by atoms with Crippen molar-refractivity contribution in [2.24, 2.45) is 4.99 Å². The zero-order chi connectivity index (χ0) is 23.8. The van der Waals surface area contributed by atoms with Crippen LogP contribution in [-0.2, 0) is 17.6 Å². The molecule has 0 radical (unpaired) electrons. The number of hydrogen-bond donors (Lipinski definition) is 1. The molecule has 0 saturated carbocycles. The fourth-order valence-corrected chi connectivity index (χ4v) is 3.99. The van der Waals surface area contributed by atoms with Gasteiger partial charge in [0.05, 0.1) is 17.7 Å². The summed E-state index contributed by atoms with van der Waals surface area (Å²) in [5.41, 5.74) is 1.03. The van der Waals surface area contributed by atoms with Crippen LogP contribution in [0.3, 0.4) is 0 Å². The molecule has 2 amide bonds. The van der Waals surface area contributed by atoms with Gasteiger partial charge in [-0.25, -0.2) is 0 Å². The van der Waals surface area contributed by atoms with Gasteiger partial charge in [-0.1, -0.05) is 30.3 Å². The lowest BCUT2D eigenvalue weighted by molar-refractivity contribution is -0.138. The molecule has 2 heterocycles. The van der Waals surface area contributed by atoms with Crippen LogP contribution in [0, 0.1) is 0 Å². The van der Waals surface area contributed by atoms with E-state index in [2.05, 4.69) is 10.3 Å². The molecule has 1 fully saturated rings. The SMILES string of the molecule is CN(C)C(=O)c1cc(C2CC(=O)NC3=NCC=C32)ccc1OCc1ccccc1C(F)(F)F. The molecule has 4 rings (SSSR count). The Balaban J connectivity index is 1.67. The highest BCUT2D eigenvalue weighted by Crippen LogP contribution is 2.36. The molecule has 2 aromatic rings. The zero-order valence-electron chi connectivity index (χ0n) is 18.1. The largest absolute Gasteiger partial charge is 0.488 e. The Kier molecular flexibility index (Phi) is 5.97. The average Bonchev–Trinajstić information content (AvgIpc) is 3.24. The van der Waals surface area contributed by atoms with Crippen LogP contribution in [0.4, 0.5) is 13.2 Å². The fraction of sp³-hybridized carbons (Fsp3) is 0.292. The summed E-state index contributed by atoms with van der Waals surface area (Å²) in [5, 5.41) is 2.75. The number of ether oxygens (including phenoxy) is 1. The zero-order valence-corrected chi connectivity index (χ0v) is 18.1. The number of aliphatic imine (C=N–C) groups is 1. The van der Waals surface area contributed by atoms with Crippen molar-refractivity contribution in [1.82, 2.24) is 10.2 Å². The molecule has 0 aromatic heterocycles. The number of amides is 2. The van der Waals surface area contributed by atoms with Gasteiger partial charge in [0.2, 0.25) is 5.91 Å². The van der Waals surface area contributed by atoms with Crippen LogP contribution in [0.1, 0.15) is 39.4 Å². The van der Waals surface area contributed by atoms with E-state index in [1.54, 1.807) is 32.3 Å². The standard InChI is InChI=1S/C24H22F3N3O3/c1-30(2)23(32)18-11-14(17-12-21(31)29-22-16(17)9-10-28-22)7-8-20(18)33-13-15-5-3-4-6-19(15)24(25,26)27/h3-9,11,17H,10,12-13H2,1-2H3,(H,28,29,31). The van der Waals surface area contributed by atoms with Crippen molar-refractivity contribution in [3.8, 4) is 5.75 Å². The van der Waals surface area contributed by atoms with Gasteiger partial charge >= 0.3 is 6.18 Å².